The highest BCUT2D eigenvalue weighted by molar-refractivity contribution is 5.74. The van der Waals surface area contributed by atoms with Crippen LogP contribution in [0.5, 0.6) is 0 Å². The Labute approximate surface area is 145 Å². The lowest BCUT2D eigenvalue weighted by molar-refractivity contribution is 0.114. The van der Waals surface area contributed by atoms with E-state index in [9.17, 15) is 4.79 Å². The van der Waals surface area contributed by atoms with Crippen molar-refractivity contribution in [2.45, 2.75) is 39.3 Å². The summed E-state index contributed by atoms with van der Waals surface area (Å²) in [4.78, 5) is 16.8. The van der Waals surface area contributed by atoms with Gasteiger partial charge in [-0.2, -0.15) is 5.10 Å². The van der Waals surface area contributed by atoms with Gasteiger partial charge in [0.1, 0.15) is 0 Å². The van der Waals surface area contributed by atoms with Crippen molar-refractivity contribution in [1.82, 2.24) is 30.2 Å². The Hall–Kier alpha value is -1.60. The van der Waals surface area contributed by atoms with Crippen molar-refractivity contribution in [3.05, 3.63) is 17.0 Å². The van der Waals surface area contributed by atoms with Gasteiger partial charge < -0.3 is 15.5 Å². The van der Waals surface area contributed by atoms with E-state index in [4.69, 9.17) is 0 Å². The Morgan fingerprint density at radius 2 is 2.00 bits per heavy atom. The zero-order chi connectivity index (χ0) is 17.9. The molecule has 2 N–H and O–H groups in total. The molecule has 2 amide bonds. The first kappa shape index (κ1) is 18.7. The number of hydrogen-bond donors (Lipinski definition) is 2. The number of amides is 2. The van der Waals surface area contributed by atoms with Crippen LogP contribution in [0.1, 0.15) is 23.9 Å². The summed E-state index contributed by atoms with van der Waals surface area (Å²) in [7, 11) is 6.20. The Bertz CT molecular complexity index is 570. The van der Waals surface area contributed by atoms with Gasteiger partial charge in [-0.3, -0.25) is 9.58 Å². The maximum Gasteiger partial charge on any atom is 0.315 e. The summed E-state index contributed by atoms with van der Waals surface area (Å²) >= 11 is 0. The van der Waals surface area contributed by atoms with E-state index >= 15 is 0 Å². The third-order valence-corrected chi connectivity index (χ3v) is 5.03. The van der Waals surface area contributed by atoms with Crippen LogP contribution >= 0.6 is 0 Å². The molecule has 0 radical (unpaired) electrons. The van der Waals surface area contributed by atoms with Gasteiger partial charge in [0, 0.05) is 51.0 Å². The molecule has 24 heavy (non-hydrogen) atoms. The van der Waals surface area contributed by atoms with Crippen molar-refractivity contribution >= 4 is 6.03 Å². The monoisotopic (exact) mass is 336 g/mol. The molecule has 1 aromatic heterocycles. The van der Waals surface area contributed by atoms with Crippen molar-refractivity contribution in [3.63, 3.8) is 0 Å². The van der Waals surface area contributed by atoms with Crippen molar-refractivity contribution in [2.75, 3.05) is 40.3 Å². The second-order valence-corrected chi connectivity index (χ2v) is 7.13. The molecule has 1 aliphatic heterocycles. The van der Waals surface area contributed by atoms with Crippen LogP contribution < -0.4 is 10.6 Å². The van der Waals surface area contributed by atoms with Gasteiger partial charge >= 0.3 is 6.03 Å². The first-order chi connectivity index (χ1) is 11.3. The number of likely N-dealkylation sites (N-methyl/N-ethyl adjacent to an activating group) is 2. The molecule has 0 aromatic carbocycles. The van der Waals surface area contributed by atoms with Crippen LogP contribution in [-0.4, -0.2) is 78.0 Å². The van der Waals surface area contributed by atoms with Gasteiger partial charge in [0.05, 0.1) is 5.69 Å². The molecule has 0 bridgehead atoms. The van der Waals surface area contributed by atoms with E-state index in [1.807, 2.05) is 25.6 Å². The van der Waals surface area contributed by atoms with Crippen molar-refractivity contribution in [2.24, 2.45) is 7.05 Å². The van der Waals surface area contributed by atoms with Crippen LogP contribution in [0, 0.1) is 13.8 Å². The molecule has 136 valence electrons. The minimum atomic E-state index is -0.0941. The molecule has 1 aliphatic rings. The van der Waals surface area contributed by atoms with Crippen LogP contribution in [0.15, 0.2) is 0 Å². The van der Waals surface area contributed by atoms with Crippen LogP contribution in [0.4, 0.5) is 4.79 Å². The molecular weight excluding hydrogens is 304 g/mol. The van der Waals surface area contributed by atoms with Gasteiger partial charge in [0.25, 0.3) is 0 Å². The van der Waals surface area contributed by atoms with E-state index in [0.717, 1.165) is 37.4 Å². The molecule has 0 spiro atoms. The zero-order valence-electron chi connectivity index (χ0n) is 15.9. The molecule has 0 aliphatic carbocycles. The van der Waals surface area contributed by atoms with Gasteiger partial charge in [-0.25, -0.2) is 4.79 Å². The van der Waals surface area contributed by atoms with Gasteiger partial charge in [0.15, 0.2) is 0 Å². The number of carbonyl (C=O) groups is 1. The molecule has 2 heterocycles. The number of nitrogens with zero attached hydrogens (tertiary/aromatic N) is 4. The Morgan fingerprint density at radius 3 is 2.62 bits per heavy atom. The Kier molecular flexibility index (Phi) is 6.23. The second kappa shape index (κ2) is 7.98. The molecular formula is C17H32N6O. The molecule has 1 fully saturated rings. The second-order valence-electron chi connectivity index (χ2n) is 7.13. The molecule has 2 unspecified atom stereocenters. The lowest BCUT2D eigenvalue weighted by atomic mass is 10.1. The summed E-state index contributed by atoms with van der Waals surface area (Å²) in [5.74, 6) is 0. The average molecular weight is 336 g/mol. The minimum absolute atomic E-state index is 0.0679. The van der Waals surface area contributed by atoms with Gasteiger partial charge in [0.2, 0.25) is 0 Å². The molecule has 2 atom stereocenters. The SMILES string of the molecule is Cc1nn(C)c(C)c1CC(C)NC(=O)NCC1CN(C)CCN1C. The zero-order valence-corrected chi connectivity index (χ0v) is 15.9. The summed E-state index contributed by atoms with van der Waals surface area (Å²) in [6, 6.07) is 0.342. The number of carbonyl (C=O) groups excluding carboxylic acids is 1. The van der Waals surface area contributed by atoms with Crippen LogP contribution in [0.2, 0.25) is 0 Å². The highest BCUT2D eigenvalue weighted by Gasteiger charge is 2.22. The van der Waals surface area contributed by atoms with E-state index in [1.165, 1.54) is 5.56 Å². The van der Waals surface area contributed by atoms with Crippen LogP contribution in [0.3, 0.4) is 0 Å². The van der Waals surface area contributed by atoms with Gasteiger partial charge in [-0.05, 0) is 46.9 Å². The first-order valence-corrected chi connectivity index (χ1v) is 8.70. The number of aromatic nitrogens is 2. The van der Waals surface area contributed by atoms with Crippen molar-refractivity contribution in [1.29, 1.82) is 0 Å². The predicted octanol–water partition coefficient (Wildman–Crippen LogP) is 0.513. The third-order valence-electron chi connectivity index (χ3n) is 5.03. The maximum absolute atomic E-state index is 12.2. The Morgan fingerprint density at radius 1 is 1.29 bits per heavy atom. The van der Waals surface area contributed by atoms with Crippen LogP contribution in [-0.2, 0) is 13.5 Å². The van der Waals surface area contributed by atoms with E-state index in [0.29, 0.717) is 12.6 Å². The summed E-state index contributed by atoms with van der Waals surface area (Å²) in [5, 5.41) is 10.5. The minimum Gasteiger partial charge on any atom is -0.337 e. The molecule has 7 nitrogen and oxygen atoms in total. The fraction of sp³-hybridized carbons (Fsp3) is 0.765. The fourth-order valence-corrected chi connectivity index (χ4v) is 3.28. The van der Waals surface area contributed by atoms with Gasteiger partial charge in [-0.15, -0.1) is 0 Å². The quantitative estimate of drug-likeness (QED) is 0.822. The molecule has 1 saturated heterocycles. The lowest BCUT2D eigenvalue weighted by Crippen LogP contribution is -2.55. The largest absolute Gasteiger partial charge is 0.337 e. The molecule has 0 saturated carbocycles. The normalized spacial score (nSPS) is 20.8. The fourth-order valence-electron chi connectivity index (χ4n) is 3.28. The third kappa shape index (κ3) is 4.70. The summed E-state index contributed by atoms with van der Waals surface area (Å²) in [6.07, 6.45) is 0.797. The molecule has 2 rings (SSSR count). The summed E-state index contributed by atoms with van der Waals surface area (Å²) in [6.45, 7) is 9.90. The van der Waals surface area contributed by atoms with Gasteiger partial charge in [-0.1, -0.05) is 0 Å². The smallest absolute Gasteiger partial charge is 0.315 e. The van der Waals surface area contributed by atoms with E-state index in [2.05, 4.69) is 46.6 Å². The number of aryl methyl sites for hydroxylation is 2. The number of nitrogens with one attached hydrogen (secondary N) is 2. The highest BCUT2D eigenvalue weighted by Crippen LogP contribution is 2.14. The average Bonchev–Trinajstić information content (AvgIpc) is 2.74. The maximum atomic E-state index is 12.2. The first-order valence-electron chi connectivity index (χ1n) is 8.70. The predicted molar refractivity (Wildman–Crippen MR) is 96.3 cm³/mol. The highest BCUT2D eigenvalue weighted by atomic mass is 16.2. The Balaban J connectivity index is 1.79. The number of piperazine rings is 1. The summed E-state index contributed by atoms with van der Waals surface area (Å²) < 4.78 is 1.90. The lowest BCUT2D eigenvalue weighted by Gasteiger charge is -2.37. The van der Waals surface area contributed by atoms with Crippen molar-refractivity contribution in [3.8, 4) is 0 Å². The van der Waals surface area contributed by atoms with Crippen molar-refractivity contribution < 1.29 is 4.79 Å². The van der Waals surface area contributed by atoms with E-state index < -0.39 is 0 Å². The van der Waals surface area contributed by atoms with E-state index in [-0.39, 0.29) is 12.1 Å². The number of urea groups is 1. The van der Waals surface area contributed by atoms with Crippen LogP contribution in [0.25, 0.3) is 0 Å². The summed E-state index contributed by atoms with van der Waals surface area (Å²) in [5.41, 5.74) is 3.42. The van der Waals surface area contributed by atoms with E-state index in [1.54, 1.807) is 0 Å². The number of hydrogen-bond acceptors (Lipinski definition) is 4. The molecule has 7 heteroatoms. The number of rotatable bonds is 5. The standard InChI is InChI=1S/C17H32N6O/c1-12(9-16-13(2)20-23(6)14(16)3)19-17(24)18-10-15-11-21(4)7-8-22(15)5/h12,15H,7-11H2,1-6H3,(H2,18,19,24). The topological polar surface area (TPSA) is 65.4 Å². The molecule has 1 aromatic rings.